The van der Waals surface area contributed by atoms with Crippen LogP contribution in [0.2, 0.25) is 0 Å². The van der Waals surface area contributed by atoms with E-state index in [4.69, 9.17) is 5.84 Å². The van der Waals surface area contributed by atoms with Crippen LogP contribution in [0.4, 0.5) is 0 Å². The van der Waals surface area contributed by atoms with Crippen LogP contribution in [-0.2, 0) is 6.42 Å². The van der Waals surface area contributed by atoms with Gasteiger partial charge in [-0.2, -0.15) is 0 Å². The standard InChI is InChI=1S/C13H15BrN2S/c1-9-4-2-6-11(13(9)14)12(16-15)8-10-5-3-7-17-10/h2-7,12,16H,8,15H2,1H3. The van der Waals surface area contributed by atoms with Crippen molar-refractivity contribution in [2.75, 3.05) is 0 Å². The zero-order valence-corrected chi connectivity index (χ0v) is 12.0. The monoisotopic (exact) mass is 310 g/mol. The number of rotatable bonds is 4. The van der Waals surface area contributed by atoms with Crippen molar-refractivity contribution in [2.45, 2.75) is 19.4 Å². The Bertz CT molecular complexity index is 482. The molecule has 0 saturated heterocycles. The lowest BCUT2D eigenvalue weighted by molar-refractivity contribution is 0.553. The lowest BCUT2D eigenvalue weighted by atomic mass is 10.0. The molecule has 1 unspecified atom stereocenters. The van der Waals surface area contributed by atoms with Gasteiger partial charge in [-0.1, -0.05) is 40.2 Å². The number of halogens is 1. The number of aryl methyl sites for hydroxylation is 1. The molecular formula is C13H15BrN2S. The molecule has 17 heavy (non-hydrogen) atoms. The summed E-state index contributed by atoms with van der Waals surface area (Å²) in [5.74, 6) is 5.67. The van der Waals surface area contributed by atoms with E-state index < -0.39 is 0 Å². The maximum absolute atomic E-state index is 5.67. The van der Waals surface area contributed by atoms with Gasteiger partial charge in [0, 0.05) is 15.8 Å². The fourth-order valence-electron chi connectivity index (χ4n) is 1.83. The fraction of sp³-hybridized carbons (Fsp3) is 0.231. The number of thiophene rings is 1. The molecular weight excluding hydrogens is 296 g/mol. The molecule has 0 aliphatic heterocycles. The molecule has 0 bridgehead atoms. The van der Waals surface area contributed by atoms with E-state index in [0.717, 1.165) is 10.9 Å². The Morgan fingerprint density at radius 3 is 2.82 bits per heavy atom. The van der Waals surface area contributed by atoms with Crippen LogP contribution < -0.4 is 11.3 Å². The van der Waals surface area contributed by atoms with Gasteiger partial charge in [0.25, 0.3) is 0 Å². The minimum absolute atomic E-state index is 0.142. The number of hydrogen-bond acceptors (Lipinski definition) is 3. The van der Waals surface area contributed by atoms with Gasteiger partial charge in [-0.3, -0.25) is 11.3 Å². The minimum Gasteiger partial charge on any atom is -0.271 e. The first-order valence-electron chi connectivity index (χ1n) is 5.46. The third-order valence-electron chi connectivity index (χ3n) is 2.78. The van der Waals surface area contributed by atoms with Gasteiger partial charge in [-0.05, 0) is 29.5 Å². The number of nitrogens with two attached hydrogens (primary N) is 1. The summed E-state index contributed by atoms with van der Waals surface area (Å²) in [6.07, 6.45) is 0.913. The second-order valence-electron chi connectivity index (χ2n) is 3.98. The summed E-state index contributed by atoms with van der Waals surface area (Å²) in [7, 11) is 0. The van der Waals surface area contributed by atoms with Crippen molar-refractivity contribution in [1.29, 1.82) is 0 Å². The molecule has 0 spiro atoms. The van der Waals surface area contributed by atoms with Crippen LogP contribution in [0, 0.1) is 6.92 Å². The van der Waals surface area contributed by atoms with Crippen LogP contribution in [0.3, 0.4) is 0 Å². The molecule has 0 radical (unpaired) electrons. The smallest absolute Gasteiger partial charge is 0.0519 e. The van der Waals surface area contributed by atoms with E-state index in [0.29, 0.717) is 0 Å². The first kappa shape index (κ1) is 12.8. The molecule has 2 rings (SSSR count). The average molecular weight is 311 g/mol. The van der Waals surface area contributed by atoms with Crippen LogP contribution in [-0.4, -0.2) is 0 Å². The summed E-state index contributed by atoms with van der Waals surface area (Å²) in [6, 6.07) is 10.6. The van der Waals surface area contributed by atoms with Crippen molar-refractivity contribution in [3.05, 3.63) is 56.2 Å². The summed E-state index contributed by atoms with van der Waals surface area (Å²) >= 11 is 5.39. The lowest BCUT2D eigenvalue weighted by Crippen LogP contribution is -2.29. The molecule has 0 saturated carbocycles. The topological polar surface area (TPSA) is 38.0 Å². The molecule has 1 aromatic carbocycles. The van der Waals surface area contributed by atoms with Crippen molar-refractivity contribution in [1.82, 2.24) is 5.43 Å². The highest BCUT2D eigenvalue weighted by atomic mass is 79.9. The Labute approximate surface area is 114 Å². The molecule has 0 aliphatic rings. The number of nitrogens with one attached hydrogen (secondary N) is 1. The van der Waals surface area contributed by atoms with Crippen molar-refractivity contribution >= 4 is 27.3 Å². The Hall–Kier alpha value is -0.680. The Morgan fingerprint density at radius 2 is 2.18 bits per heavy atom. The molecule has 90 valence electrons. The Balaban J connectivity index is 2.26. The van der Waals surface area contributed by atoms with Gasteiger partial charge in [0.15, 0.2) is 0 Å². The van der Waals surface area contributed by atoms with Crippen LogP contribution in [0.15, 0.2) is 40.2 Å². The van der Waals surface area contributed by atoms with E-state index in [1.165, 1.54) is 16.0 Å². The molecule has 0 fully saturated rings. The van der Waals surface area contributed by atoms with E-state index in [-0.39, 0.29) is 6.04 Å². The molecule has 4 heteroatoms. The highest BCUT2D eigenvalue weighted by Gasteiger charge is 2.14. The normalized spacial score (nSPS) is 12.6. The summed E-state index contributed by atoms with van der Waals surface area (Å²) in [6.45, 7) is 2.09. The van der Waals surface area contributed by atoms with Crippen LogP contribution in [0.5, 0.6) is 0 Å². The number of benzene rings is 1. The Morgan fingerprint density at radius 1 is 1.35 bits per heavy atom. The third kappa shape index (κ3) is 2.96. The van der Waals surface area contributed by atoms with Crippen LogP contribution >= 0.6 is 27.3 Å². The third-order valence-corrected chi connectivity index (χ3v) is 4.77. The fourth-order valence-corrected chi connectivity index (χ4v) is 3.12. The van der Waals surface area contributed by atoms with E-state index in [1.807, 2.05) is 0 Å². The second kappa shape index (κ2) is 5.78. The van der Waals surface area contributed by atoms with Crippen molar-refractivity contribution in [3.63, 3.8) is 0 Å². The van der Waals surface area contributed by atoms with Gasteiger partial charge in [0.1, 0.15) is 0 Å². The lowest BCUT2D eigenvalue weighted by Gasteiger charge is -2.18. The van der Waals surface area contributed by atoms with Crippen molar-refractivity contribution in [3.8, 4) is 0 Å². The predicted octanol–water partition coefficient (Wildman–Crippen LogP) is 3.57. The van der Waals surface area contributed by atoms with E-state index in [1.54, 1.807) is 11.3 Å². The number of hydrogen-bond donors (Lipinski definition) is 2. The second-order valence-corrected chi connectivity index (χ2v) is 5.81. The summed E-state index contributed by atoms with van der Waals surface area (Å²) in [5.41, 5.74) is 5.34. The van der Waals surface area contributed by atoms with Gasteiger partial charge < -0.3 is 0 Å². The summed E-state index contributed by atoms with van der Waals surface area (Å²) in [5, 5.41) is 2.09. The molecule has 1 atom stereocenters. The molecule has 2 nitrogen and oxygen atoms in total. The highest BCUT2D eigenvalue weighted by molar-refractivity contribution is 9.10. The van der Waals surface area contributed by atoms with E-state index >= 15 is 0 Å². The molecule has 1 aromatic heterocycles. The van der Waals surface area contributed by atoms with Gasteiger partial charge in [-0.25, -0.2) is 0 Å². The van der Waals surface area contributed by atoms with Crippen molar-refractivity contribution in [2.24, 2.45) is 5.84 Å². The van der Waals surface area contributed by atoms with E-state index in [9.17, 15) is 0 Å². The molecule has 2 aromatic rings. The SMILES string of the molecule is Cc1cccc(C(Cc2cccs2)NN)c1Br. The first-order valence-corrected chi connectivity index (χ1v) is 7.13. The molecule has 0 amide bonds. The first-order chi connectivity index (χ1) is 8.22. The maximum Gasteiger partial charge on any atom is 0.0519 e. The zero-order chi connectivity index (χ0) is 12.3. The minimum atomic E-state index is 0.142. The summed E-state index contributed by atoms with van der Waals surface area (Å²) in [4.78, 5) is 1.33. The molecule has 1 heterocycles. The van der Waals surface area contributed by atoms with Gasteiger partial charge >= 0.3 is 0 Å². The molecule has 0 aliphatic carbocycles. The quantitative estimate of drug-likeness (QED) is 0.669. The predicted molar refractivity (Wildman–Crippen MR) is 77.0 cm³/mol. The summed E-state index contributed by atoms with van der Waals surface area (Å²) < 4.78 is 1.14. The largest absolute Gasteiger partial charge is 0.271 e. The maximum atomic E-state index is 5.67. The number of hydrazine groups is 1. The van der Waals surface area contributed by atoms with Crippen LogP contribution in [0.1, 0.15) is 22.0 Å². The van der Waals surface area contributed by atoms with Gasteiger partial charge in [0.05, 0.1) is 6.04 Å². The van der Waals surface area contributed by atoms with Gasteiger partial charge in [0.2, 0.25) is 0 Å². The highest BCUT2D eigenvalue weighted by Crippen LogP contribution is 2.29. The average Bonchev–Trinajstić information content (AvgIpc) is 2.83. The van der Waals surface area contributed by atoms with Crippen LogP contribution in [0.25, 0.3) is 0 Å². The molecule has 3 N–H and O–H groups in total. The zero-order valence-electron chi connectivity index (χ0n) is 9.61. The van der Waals surface area contributed by atoms with E-state index in [2.05, 4.69) is 64.0 Å². The van der Waals surface area contributed by atoms with Crippen molar-refractivity contribution < 1.29 is 0 Å². The Kier molecular flexibility index (Phi) is 4.34. The van der Waals surface area contributed by atoms with Gasteiger partial charge in [-0.15, -0.1) is 11.3 Å².